The maximum Gasteiger partial charge on any atom is 0.320 e. The first-order valence-corrected chi connectivity index (χ1v) is 6.83. The van der Waals surface area contributed by atoms with Crippen molar-refractivity contribution in [2.45, 2.75) is 51.9 Å². The first kappa shape index (κ1) is 13.0. The highest BCUT2D eigenvalue weighted by atomic mass is 16.2. The maximum atomic E-state index is 11.9. The van der Waals surface area contributed by atoms with Gasteiger partial charge in [-0.2, -0.15) is 0 Å². The predicted molar refractivity (Wildman–Crippen MR) is 67.9 cm³/mol. The normalized spacial score (nSPS) is 26.3. The first-order chi connectivity index (χ1) is 8.69. The molecule has 6 heteroatoms. The van der Waals surface area contributed by atoms with Gasteiger partial charge in [0.25, 0.3) is 0 Å². The Labute approximate surface area is 108 Å². The quantitative estimate of drug-likeness (QED) is 0.750. The van der Waals surface area contributed by atoms with Gasteiger partial charge in [0.1, 0.15) is 12.3 Å². The van der Waals surface area contributed by atoms with E-state index in [1.165, 1.54) is 0 Å². The van der Waals surface area contributed by atoms with E-state index >= 15 is 0 Å². The van der Waals surface area contributed by atoms with Gasteiger partial charge < -0.3 is 20.4 Å². The number of hydrogen-bond donors (Lipinski definition) is 2. The molecule has 2 atom stereocenters. The Kier molecular flexibility index (Phi) is 3.93. The predicted octanol–water partition coefficient (Wildman–Crippen LogP) is 1.29. The van der Waals surface area contributed by atoms with Gasteiger partial charge in [-0.3, -0.25) is 0 Å². The van der Waals surface area contributed by atoms with Crippen LogP contribution in [-0.2, 0) is 0 Å². The third-order valence-corrected chi connectivity index (χ3v) is 3.54. The molecule has 2 heterocycles. The number of hydrogen-bond acceptors (Lipinski definition) is 2. The highest BCUT2D eigenvalue weighted by Gasteiger charge is 2.49. The Morgan fingerprint density at radius 1 is 0.889 bits per heavy atom. The number of carbonyl (C=O) groups excluding carboxylic acids is 2. The summed E-state index contributed by atoms with van der Waals surface area (Å²) in [5.74, 6) is 0. The SMILES string of the molecule is CCCCN1C(=O)N[C@H]2[C@H]1NC(=O)N2CCCC. The lowest BCUT2D eigenvalue weighted by atomic mass is 10.3. The summed E-state index contributed by atoms with van der Waals surface area (Å²) < 4.78 is 0. The highest BCUT2D eigenvalue weighted by Crippen LogP contribution is 2.22. The van der Waals surface area contributed by atoms with Crippen LogP contribution in [0.2, 0.25) is 0 Å². The van der Waals surface area contributed by atoms with Crippen LogP contribution in [0.3, 0.4) is 0 Å². The lowest BCUT2D eigenvalue weighted by Gasteiger charge is -2.21. The molecule has 0 radical (unpaired) electrons. The van der Waals surface area contributed by atoms with Gasteiger partial charge in [-0.05, 0) is 12.8 Å². The molecule has 102 valence electrons. The molecular weight excluding hydrogens is 232 g/mol. The van der Waals surface area contributed by atoms with E-state index in [-0.39, 0.29) is 24.4 Å². The van der Waals surface area contributed by atoms with E-state index in [0.717, 1.165) is 25.7 Å². The standard InChI is InChI=1S/C12H22N4O2/c1-3-5-7-15-9-10(14-11(15)17)16(8-6-4-2)12(18)13-9/h9-10H,3-8H2,1-2H3,(H,13,18)(H,14,17)/t9-,10+. The van der Waals surface area contributed by atoms with Crippen molar-refractivity contribution < 1.29 is 9.59 Å². The molecule has 2 aliphatic rings. The van der Waals surface area contributed by atoms with Crippen LogP contribution in [0.1, 0.15) is 39.5 Å². The van der Waals surface area contributed by atoms with E-state index in [1.807, 2.05) is 0 Å². The summed E-state index contributed by atoms with van der Waals surface area (Å²) in [7, 11) is 0. The molecule has 6 nitrogen and oxygen atoms in total. The monoisotopic (exact) mass is 254 g/mol. The lowest BCUT2D eigenvalue weighted by molar-refractivity contribution is 0.195. The Hall–Kier alpha value is -1.46. The molecule has 2 saturated heterocycles. The number of rotatable bonds is 6. The van der Waals surface area contributed by atoms with Crippen LogP contribution in [-0.4, -0.2) is 47.3 Å². The Morgan fingerprint density at radius 3 is 1.61 bits per heavy atom. The van der Waals surface area contributed by atoms with Crippen molar-refractivity contribution in [3.8, 4) is 0 Å². The molecule has 2 aliphatic heterocycles. The van der Waals surface area contributed by atoms with Crippen LogP contribution in [0.4, 0.5) is 9.59 Å². The smallest absolute Gasteiger partial charge is 0.314 e. The fourth-order valence-corrected chi connectivity index (χ4v) is 2.46. The third-order valence-electron chi connectivity index (χ3n) is 3.54. The van der Waals surface area contributed by atoms with Gasteiger partial charge in [-0.1, -0.05) is 26.7 Å². The molecule has 0 unspecified atom stereocenters. The summed E-state index contributed by atoms with van der Waals surface area (Å²) in [6.45, 7) is 5.58. The molecule has 0 aliphatic carbocycles. The Morgan fingerprint density at radius 2 is 1.28 bits per heavy atom. The topological polar surface area (TPSA) is 64.7 Å². The minimum absolute atomic E-state index is 0.0695. The zero-order valence-corrected chi connectivity index (χ0v) is 11.1. The van der Waals surface area contributed by atoms with Crippen LogP contribution in [0.25, 0.3) is 0 Å². The summed E-state index contributed by atoms with van der Waals surface area (Å²) in [6.07, 6.45) is 3.59. The number of unbranched alkanes of at least 4 members (excludes halogenated alkanes) is 2. The molecule has 18 heavy (non-hydrogen) atoms. The molecule has 2 fully saturated rings. The summed E-state index contributed by atoms with van der Waals surface area (Å²) >= 11 is 0. The molecule has 4 amide bonds. The lowest BCUT2D eigenvalue weighted by Crippen LogP contribution is -2.43. The van der Waals surface area contributed by atoms with Gasteiger partial charge >= 0.3 is 12.1 Å². The number of amides is 4. The maximum absolute atomic E-state index is 11.9. The summed E-state index contributed by atoms with van der Waals surface area (Å²) in [6, 6.07) is -0.139. The molecule has 2 rings (SSSR count). The fraction of sp³-hybridized carbons (Fsp3) is 0.833. The molecule has 0 bridgehead atoms. The molecule has 0 aromatic carbocycles. The van der Waals surface area contributed by atoms with Crippen molar-refractivity contribution in [2.24, 2.45) is 0 Å². The Balaban J connectivity index is 2.01. The summed E-state index contributed by atoms with van der Waals surface area (Å²) in [5, 5.41) is 5.79. The fourth-order valence-electron chi connectivity index (χ4n) is 2.46. The summed E-state index contributed by atoms with van der Waals surface area (Å²) in [5.41, 5.74) is 0. The van der Waals surface area contributed by atoms with Crippen molar-refractivity contribution in [1.82, 2.24) is 20.4 Å². The van der Waals surface area contributed by atoms with Crippen molar-refractivity contribution in [2.75, 3.05) is 13.1 Å². The van der Waals surface area contributed by atoms with Crippen molar-refractivity contribution in [3.63, 3.8) is 0 Å². The van der Waals surface area contributed by atoms with E-state index < -0.39 is 0 Å². The average Bonchev–Trinajstić information content (AvgIpc) is 2.79. The molecule has 0 aromatic heterocycles. The van der Waals surface area contributed by atoms with Crippen LogP contribution in [0.15, 0.2) is 0 Å². The zero-order valence-electron chi connectivity index (χ0n) is 11.1. The second-order valence-corrected chi connectivity index (χ2v) is 4.88. The first-order valence-electron chi connectivity index (χ1n) is 6.83. The van der Waals surface area contributed by atoms with E-state index in [9.17, 15) is 9.59 Å². The van der Waals surface area contributed by atoms with Gasteiger partial charge in [0.15, 0.2) is 0 Å². The molecular formula is C12H22N4O2. The van der Waals surface area contributed by atoms with E-state index in [1.54, 1.807) is 9.80 Å². The van der Waals surface area contributed by atoms with E-state index in [0.29, 0.717) is 13.1 Å². The second-order valence-electron chi connectivity index (χ2n) is 4.88. The minimum atomic E-state index is -0.201. The molecule has 0 aromatic rings. The van der Waals surface area contributed by atoms with Gasteiger partial charge in [0.2, 0.25) is 0 Å². The van der Waals surface area contributed by atoms with E-state index in [2.05, 4.69) is 24.5 Å². The largest absolute Gasteiger partial charge is 0.320 e. The van der Waals surface area contributed by atoms with Crippen LogP contribution in [0, 0.1) is 0 Å². The molecule has 0 spiro atoms. The summed E-state index contributed by atoms with van der Waals surface area (Å²) in [4.78, 5) is 27.2. The van der Waals surface area contributed by atoms with Gasteiger partial charge in [0, 0.05) is 13.1 Å². The van der Waals surface area contributed by atoms with Crippen molar-refractivity contribution >= 4 is 12.1 Å². The number of carbonyl (C=O) groups is 2. The average molecular weight is 254 g/mol. The number of nitrogens with zero attached hydrogens (tertiary/aromatic N) is 2. The van der Waals surface area contributed by atoms with Gasteiger partial charge in [-0.15, -0.1) is 0 Å². The van der Waals surface area contributed by atoms with Gasteiger partial charge in [-0.25, -0.2) is 9.59 Å². The van der Waals surface area contributed by atoms with E-state index in [4.69, 9.17) is 0 Å². The van der Waals surface area contributed by atoms with Crippen LogP contribution < -0.4 is 10.6 Å². The Bertz CT molecular complexity index is 302. The van der Waals surface area contributed by atoms with Crippen LogP contribution >= 0.6 is 0 Å². The molecule has 2 N–H and O–H groups in total. The second kappa shape index (κ2) is 5.46. The number of urea groups is 2. The van der Waals surface area contributed by atoms with Crippen molar-refractivity contribution in [1.29, 1.82) is 0 Å². The van der Waals surface area contributed by atoms with Gasteiger partial charge in [0.05, 0.1) is 0 Å². The number of fused-ring (bicyclic) bond motifs is 1. The van der Waals surface area contributed by atoms with Crippen molar-refractivity contribution in [3.05, 3.63) is 0 Å². The third kappa shape index (κ3) is 2.23. The van der Waals surface area contributed by atoms with Crippen LogP contribution in [0.5, 0.6) is 0 Å². The number of nitrogens with one attached hydrogen (secondary N) is 2. The molecule has 0 saturated carbocycles. The highest BCUT2D eigenvalue weighted by molar-refractivity contribution is 5.84. The minimum Gasteiger partial charge on any atom is -0.314 e. The zero-order chi connectivity index (χ0) is 13.1.